The Bertz CT molecular complexity index is 681. The summed E-state index contributed by atoms with van der Waals surface area (Å²) in [5.74, 6) is 0. The molecule has 0 N–H and O–H groups in total. The van der Waals surface area contributed by atoms with E-state index in [9.17, 15) is 13.2 Å². The lowest BCUT2D eigenvalue weighted by molar-refractivity contribution is -0.0800. The van der Waals surface area contributed by atoms with E-state index >= 15 is 0 Å². The van der Waals surface area contributed by atoms with Crippen LogP contribution in [0.4, 0.5) is 13.2 Å². The van der Waals surface area contributed by atoms with Crippen LogP contribution in [0.5, 0.6) is 0 Å². The molecule has 0 unspecified atom stereocenters. The minimum absolute atomic E-state index is 0.0896. The summed E-state index contributed by atoms with van der Waals surface area (Å²) in [4.78, 5) is 1.19. The van der Waals surface area contributed by atoms with E-state index in [0.717, 1.165) is 10.9 Å². The van der Waals surface area contributed by atoms with Gasteiger partial charge in [0, 0.05) is 16.2 Å². The second kappa shape index (κ2) is 9.18. The lowest BCUT2D eigenvalue weighted by atomic mass is 9.38. The second-order valence-corrected chi connectivity index (χ2v) is 7.87. The van der Waals surface area contributed by atoms with Gasteiger partial charge in [-0.15, -0.1) is 11.8 Å². The van der Waals surface area contributed by atoms with Crippen molar-refractivity contribution in [3.63, 3.8) is 0 Å². The van der Waals surface area contributed by atoms with Gasteiger partial charge in [-0.25, -0.2) is 0 Å². The molecule has 2 rings (SSSR count). The molecule has 0 amide bonds. The molecular weight excluding hydrogens is 340 g/mol. The zero-order chi connectivity index (χ0) is 18.3. The standard InChI is InChI=1S/C20H22BF3S/c1-16(2)25-19-12-8-11-18(15-19)21(17-9-4-3-5-10-17)14-7-6-13-20(22,23)24/h3-6,8-13,15-16H,7,14H2,1-2H3. The molecule has 0 saturated heterocycles. The smallest absolute Gasteiger partial charge is 0.167 e. The van der Waals surface area contributed by atoms with Gasteiger partial charge in [-0.2, -0.15) is 13.2 Å². The van der Waals surface area contributed by atoms with E-state index in [1.54, 1.807) is 11.8 Å². The number of hydrogen-bond acceptors (Lipinski definition) is 1. The maximum absolute atomic E-state index is 12.3. The molecular formula is C20H22BF3S. The van der Waals surface area contributed by atoms with Crippen LogP contribution >= 0.6 is 11.8 Å². The van der Waals surface area contributed by atoms with Gasteiger partial charge >= 0.3 is 6.18 Å². The van der Waals surface area contributed by atoms with E-state index in [-0.39, 0.29) is 6.71 Å². The SMILES string of the molecule is CC(C)Sc1cccc(B(CCC=CC(F)(F)F)c2ccccc2)c1. The largest absolute Gasteiger partial charge is 0.409 e. The van der Waals surface area contributed by atoms with Gasteiger partial charge < -0.3 is 0 Å². The van der Waals surface area contributed by atoms with Crippen molar-refractivity contribution < 1.29 is 13.2 Å². The summed E-state index contributed by atoms with van der Waals surface area (Å²) in [6.45, 7) is 4.38. The number of allylic oxidation sites excluding steroid dienone is 2. The van der Waals surface area contributed by atoms with Gasteiger partial charge in [-0.3, -0.25) is 0 Å². The van der Waals surface area contributed by atoms with Gasteiger partial charge in [0.05, 0.1) is 0 Å². The molecule has 0 saturated carbocycles. The molecule has 5 heteroatoms. The highest BCUT2D eigenvalue weighted by atomic mass is 32.2. The van der Waals surface area contributed by atoms with E-state index in [2.05, 4.69) is 32.0 Å². The predicted octanol–water partition coefficient (Wildman–Crippen LogP) is 5.30. The summed E-state index contributed by atoms with van der Waals surface area (Å²) in [5, 5.41) is 0.486. The molecule has 25 heavy (non-hydrogen) atoms. The minimum atomic E-state index is -4.24. The third-order valence-electron chi connectivity index (χ3n) is 3.76. The Morgan fingerprint density at radius 1 is 1.00 bits per heavy atom. The van der Waals surface area contributed by atoms with Crippen molar-refractivity contribution in [1.29, 1.82) is 0 Å². The molecule has 0 fully saturated rings. The van der Waals surface area contributed by atoms with Crippen molar-refractivity contribution in [1.82, 2.24) is 0 Å². The monoisotopic (exact) mass is 362 g/mol. The molecule has 0 aliphatic heterocycles. The quantitative estimate of drug-likeness (QED) is 0.366. The van der Waals surface area contributed by atoms with Crippen molar-refractivity contribution >= 4 is 29.4 Å². The van der Waals surface area contributed by atoms with Crippen LogP contribution in [0.25, 0.3) is 0 Å². The average Bonchev–Trinajstić information content (AvgIpc) is 2.54. The van der Waals surface area contributed by atoms with Gasteiger partial charge in [-0.05, 0) is 12.5 Å². The Labute approximate surface area is 152 Å². The van der Waals surface area contributed by atoms with Gasteiger partial charge in [0.1, 0.15) is 0 Å². The van der Waals surface area contributed by atoms with Crippen LogP contribution < -0.4 is 10.9 Å². The predicted molar refractivity (Wildman–Crippen MR) is 104 cm³/mol. The number of halogens is 3. The van der Waals surface area contributed by atoms with E-state index in [1.807, 2.05) is 36.4 Å². The van der Waals surface area contributed by atoms with E-state index in [4.69, 9.17) is 0 Å². The highest BCUT2D eigenvalue weighted by molar-refractivity contribution is 7.99. The topological polar surface area (TPSA) is 0 Å². The van der Waals surface area contributed by atoms with Crippen molar-refractivity contribution in [3.05, 3.63) is 66.7 Å². The van der Waals surface area contributed by atoms with Gasteiger partial charge in [-0.1, -0.05) is 85.7 Å². The van der Waals surface area contributed by atoms with Crippen molar-refractivity contribution in [2.75, 3.05) is 0 Å². The first kappa shape index (κ1) is 19.7. The van der Waals surface area contributed by atoms with Crippen molar-refractivity contribution in [2.24, 2.45) is 0 Å². The fourth-order valence-corrected chi connectivity index (χ4v) is 3.67. The van der Waals surface area contributed by atoms with Crippen molar-refractivity contribution in [3.8, 4) is 0 Å². The summed E-state index contributed by atoms with van der Waals surface area (Å²) in [6, 6.07) is 18.3. The number of rotatable bonds is 7. The molecule has 0 aromatic heterocycles. The number of thioether (sulfide) groups is 1. The molecule has 0 aliphatic carbocycles. The number of benzene rings is 2. The summed E-state index contributed by atoms with van der Waals surface area (Å²) < 4.78 is 36.9. The maximum atomic E-state index is 12.3. The first-order chi connectivity index (χ1) is 11.8. The van der Waals surface area contributed by atoms with Crippen LogP contribution in [0.15, 0.2) is 71.6 Å². The van der Waals surface area contributed by atoms with Crippen molar-refractivity contribution in [2.45, 2.75) is 42.9 Å². The molecule has 2 aromatic carbocycles. The van der Waals surface area contributed by atoms with Crippen LogP contribution in [0.2, 0.25) is 6.32 Å². The second-order valence-electron chi connectivity index (χ2n) is 6.22. The van der Waals surface area contributed by atoms with E-state index < -0.39 is 6.18 Å². The molecule has 0 bridgehead atoms. The van der Waals surface area contributed by atoms with Gasteiger partial charge in [0.2, 0.25) is 6.71 Å². The molecule has 0 atom stereocenters. The third-order valence-corrected chi connectivity index (χ3v) is 4.76. The third kappa shape index (κ3) is 7.03. The summed E-state index contributed by atoms with van der Waals surface area (Å²) in [5.41, 5.74) is 2.28. The molecule has 0 aliphatic rings. The molecule has 132 valence electrons. The van der Waals surface area contributed by atoms with Crippen LogP contribution in [-0.4, -0.2) is 18.1 Å². The zero-order valence-electron chi connectivity index (χ0n) is 14.5. The average molecular weight is 362 g/mol. The first-order valence-corrected chi connectivity index (χ1v) is 9.29. The van der Waals surface area contributed by atoms with Crippen LogP contribution in [0.1, 0.15) is 20.3 Å². The Hall–Kier alpha value is -1.62. The fourth-order valence-electron chi connectivity index (χ4n) is 2.77. The Kier molecular flexibility index (Phi) is 7.24. The lowest BCUT2D eigenvalue weighted by Crippen LogP contribution is -2.41. The molecule has 0 spiro atoms. The van der Waals surface area contributed by atoms with Gasteiger partial charge in [0.15, 0.2) is 0 Å². The first-order valence-electron chi connectivity index (χ1n) is 8.41. The lowest BCUT2D eigenvalue weighted by Gasteiger charge is -2.15. The summed E-state index contributed by atoms with van der Waals surface area (Å²) in [6.07, 6.45) is -1.65. The number of hydrogen-bond donors (Lipinski definition) is 0. The van der Waals surface area contributed by atoms with Crippen LogP contribution in [-0.2, 0) is 0 Å². The zero-order valence-corrected chi connectivity index (χ0v) is 15.3. The van der Waals surface area contributed by atoms with E-state index in [1.165, 1.54) is 11.0 Å². The highest BCUT2D eigenvalue weighted by Crippen LogP contribution is 2.22. The van der Waals surface area contributed by atoms with Gasteiger partial charge in [0.25, 0.3) is 0 Å². The Morgan fingerprint density at radius 2 is 1.68 bits per heavy atom. The fraction of sp³-hybridized carbons (Fsp3) is 0.300. The molecule has 2 aromatic rings. The Morgan fingerprint density at radius 3 is 2.32 bits per heavy atom. The molecule has 0 heterocycles. The summed E-state index contributed by atoms with van der Waals surface area (Å²) >= 11 is 1.79. The normalized spacial score (nSPS) is 12.1. The maximum Gasteiger partial charge on any atom is 0.409 e. The van der Waals surface area contributed by atoms with Crippen LogP contribution in [0.3, 0.4) is 0 Å². The van der Waals surface area contributed by atoms with E-state index in [0.29, 0.717) is 24.1 Å². The molecule has 0 nitrogen and oxygen atoms in total. The summed E-state index contributed by atoms with van der Waals surface area (Å²) in [7, 11) is 0. The van der Waals surface area contributed by atoms with Crippen LogP contribution in [0, 0.1) is 0 Å². The minimum Gasteiger partial charge on any atom is -0.167 e. The molecule has 0 radical (unpaired) electrons. The Balaban J connectivity index is 2.22. The number of alkyl halides is 3. The highest BCUT2D eigenvalue weighted by Gasteiger charge is 2.22.